The second-order valence-electron chi connectivity index (χ2n) is 6.95. The zero-order valence-electron chi connectivity index (χ0n) is 15.2. The van der Waals surface area contributed by atoms with Crippen molar-refractivity contribution in [2.45, 2.75) is 12.6 Å². The summed E-state index contributed by atoms with van der Waals surface area (Å²) in [4.78, 5) is 18.9. The molecule has 0 unspecified atom stereocenters. The highest BCUT2D eigenvalue weighted by Gasteiger charge is 2.37. The quantitative estimate of drug-likeness (QED) is 0.735. The molecule has 3 aromatic rings. The van der Waals surface area contributed by atoms with Crippen molar-refractivity contribution in [3.8, 4) is 0 Å². The van der Waals surface area contributed by atoms with Crippen LogP contribution >= 0.6 is 0 Å². The van der Waals surface area contributed by atoms with E-state index < -0.39 is 0 Å². The Hall–Kier alpha value is -2.98. The van der Waals surface area contributed by atoms with Gasteiger partial charge in [0, 0.05) is 32.0 Å². The summed E-state index contributed by atoms with van der Waals surface area (Å²) in [6.45, 7) is 2.07. The fourth-order valence-corrected chi connectivity index (χ4v) is 3.61. The van der Waals surface area contributed by atoms with E-state index in [2.05, 4.69) is 63.7 Å². The Kier molecular flexibility index (Phi) is 5.26. The first-order chi connectivity index (χ1) is 13.3. The van der Waals surface area contributed by atoms with Gasteiger partial charge in [-0.1, -0.05) is 66.7 Å². The maximum Gasteiger partial charge on any atom is 0.225 e. The van der Waals surface area contributed by atoms with Crippen LogP contribution in [-0.2, 0) is 11.3 Å². The summed E-state index contributed by atoms with van der Waals surface area (Å²) in [5.74, 6) is 0.159. The minimum Gasteiger partial charge on any atom is -0.352 e. The molecule has 1 N–H and O–H groups in total. The molecule has 0 aliphatic carbocycles. The highest BCUT2D eigenvalue weighted by Crippen LogP contribution is 2.34. The van der Waals surface area contributed by atoms with E-state index in [0.717, 1.165) is 18.7 Å². The predicted octanol–water partition coefficient (Wildman–Crippen LogP) is 3.42. The van der Waals surface area contributed by atoms with Crippen LogP contribution in [0.25, 0.3) is 0 Å². The molecule has 2 aromatic carbocycles. The number of amides is 1. The molecule has 1 aliphatic heterocycles. The Balaban J connectivity index is 1.40. The van der Waals surface area contributed by atoms with Gasteiger partial charge in [-0.2, -0.15) is 0 Å². The molecule has 0 bridgehead atoms. The number of pyridine rings is 1. The number of benzene rings is 2. The van der Waals surface area contributed by atoms with E-state index in [4.69, 9.17) is 0 Å². The maximum atomic E-state index is 12.5. The number of hydrogen-bond donors (Lipinski definition) is 1. The van der Waals surface area contributed by atoms with Gasteiger partial charge in [0.2, 0.25) is 5.91 Å². The lowest BCUT2D eigenvalue weighted by Crippen LogP contribution is -2.54. The van der Waals surface area contributed by atoms with Crippen LogP contribution in [0.2, 0.25) is 0 Å². The van der Waals surface area contributed by atoms with Crippen LogP contribution in [0.3, 0.4) is 0 Å². The second-order valence-corrected chi connectivity index (χ2v) is 6.95. The Morgan fingerprint density at radius 3 is 2.15 bits per heavy atom. The topological polar surface area (TPSA) is 45.2 Å². The average Bonchev–Trinajstić information content (AvgIpc) is 2.70. The molecule has 4 heteroatoms. The van der Waals surface area contributed by atoms with Crippen molar-refractivity contribution in [2.75, 3.05) is 13.1 Å². The van der Waals surface area contributed by atoms with E-state index in [1.807, 2.05) is 24.3 Å². The van der Waals surface area contributed by atoms with E-state index in [0.29, 0.717) is 6.54 Å². The first-order valence-electron chi connectivity index (χ1n) is 9.32. The zero-order valence-corrected chi connectivity index (χ0v) is 15.2. The number of likely N-dealkylation sites (tertiary alicyclic amines) is 1. The fraction of sp³-hybridized carbons (Fsp3) is 0.217. The molecule has 0 spiro atoms. The molecule has 1 aromatic heterocycles. The summed E-state index contributed by atoms with van der Waals surface area (Å²) in [6.07, 6.45) is 3.52. The molecule has 136 valence electrons. The van der Waals surface area contributed by atoms with Gasteiger partial charge in [-0.05, 0) is 22.8 Å². The summed E-state index contributed by atoms with van der Waals surface area (Å²) >= 11 is 0. The number of nitrogens with one attached hydrogen (secondary N) is 1. The minimum absolute atomic E-state index is 0.0385. The molecule has 4 rings (SSSR count). The summed E-state index contributed by atoms with van der Waals surface area (Å²) < 4.78 is 0. The lowest BCUT2D eigenvalue weighted by Gasteiger charge is -2.44. The Bertz CT molecular complexity index is 822. The average molecular weight is 357 g/mol. The van der Waals surface area contributed by atoms with Crippen LogP contribution in [0, 0.1) is 5.92 Å². The summed E-state index contributed by atoms with van der Waals surface area (Å²) in [5.41, 5.74) is 3.55. The van der Waals surface area contributed by atoms with E-state index in [1.54, 1.807) is 12.4 Å². The molecular weight excluding hydrogens is 334 g/mol. The fourth-order valence-electron chi connectivity index (χ4n) is 3.61. The maximum absolute atomic E-state index is 12.5. The Morgan fingerprint density at radius 1 is 0.963 bits per heavy atom. The number of carbonyl (C=O) groups excluding carboxylic acids is 1. The lowest BCUT2D eigenvalue weighted by molar-refractivity contribution is -0.131. The number of carbonyl (C=O) groups is 1. The van der Waals surface area contributed by atoms with Crippen LogP contribution in [0.15, 0.2) is 85.2 Å². The van der Waals surface area contributed by atoms with Crippen LogP contribution < -0.4 is 5.32 Å². The molecule has 1 amide bonds. The molecule has 1 saturated heterocycles. The van der Waals surface area contributed by atoms with Gasteiger partial charge in [0.1, 0.15) is 0 Å². The zero-order chi connectivity index (χ0) is 18.5. The van der Waals surface area contributed by atoms with E-state index >= 15 is 0 Å². The number of rotatable bonds is 6. The van der Waals surface area contributed by atoms with Crippen molar-refractivity contribution < 1.29 is 4.79 Å². The lowest BCUT2D eigenvalue weighted by atomic mass is 9.90. The molecule has 0 radical (unpaired) electrons. The molecule has 27 heavy (non-hydrogen) atoms. The van der Waals surface area contributed by atoms with Crippen LogP contribution in [0.5, 0.6) is 0 Å². The third-order valence-corrected chi connectivity index (χ3v) is 5.07. The number of hydrogen-bond acceptors (Lipinski definition) is 3. The van der Waals surface area contributed by atoms with Crippen molar-refractivity contribution in [3.63, 3.8) is 0 Å². The van der Waals surface area contributed by atoms with E-state index in [9.17, 15) is 4.79 Å². The SMILES string of the molecule is O=C(NCc1cccnc1)C1CN(C(c2ccccc2)c2ccccc2)C1. The van der Waals surface area contributed by atoms with Crippen LogP contribution in [0.1, 0.15) is 22.7 Å². The highest BCUT2D eigenvalue weighted by molar-refractivity contribution is 5.80. The molecule has 2 heterocycles. The minimum atomic E-state index is 0.0385. The summed E-state index contributed by atoms with van der Waals surface area (Å²) in [6, 6.07) is 25.1. The van der Waals surface area contributed by atoms with Crippen molar-refractivity contribution in [2.24, 2.45) is 5.92 Å². The second kappa shape index (κ2) is 8.14. The first kappa shape index (κ1) is 17.4. The third kappa shape index (κ3) is 4.07. The molecule has 0 atom stereocenters. The van der Waals surface area contributed by atoms with Crippen molar-refractivity contribution in [1.29, 1.82) is 0 Å². The molecule has 0 saturated carbocycles. The van der Waals surface area contributed by atoms with E-state index in [-0.39, 0.29) is 17.9 Å². The standard InChI is InChI=1S/C23H23N3O/c27-23(25-15-18-8-7-13-24-14-18)21-16-26(17-21)22(19-9-3-1-4-10-19)20-11-5-2-6-12-20/h1-14,21-22H,15-17H2,(H,25,27). The van der Waals surface area contributed by atoms with Gasteiger partial charge in [0.25, 0.3) is 0 Å². The van der Waals surface area contributed by atoms with Gasteiger partial charge < -0.3 is 5.32 Å². The van der Waals surface area contributed by atoms with Gasteiger partial charge >= 0.3 is 0 Å². The first-order valence-corrected chi connectivity index (χ1v) is 9.32. The summed E-state index contributed by atoms with van der Waals surface area (Å²) in [7, 11) is 0. The monoisotopic (exact) mass is 357 g/mol. The Morgan fingerprint density at radius 2 is 1.59 bits per heavy atom. The molecule has 1 fully saturated rings. The van der Waals surface area contributed by atoms with Crippen molar-refractivity contribution in [3.05, 3.63) is 102 Å². The van der Waals surface area contributed by atoms with Gasteiger partial charge in [-0.25, -0.2) is 0 Å². The molecular formula is C23H23N3O. The predicted molar refractivity (Wildman–Crippen MR) is 106 cm³/mol. The highest BCUT2D eigenvalue weighted by atomic mass is 16.2. The van der Waals surface area contributed by atoms with Gasteiger partial charge in [-0.15, -0.1) is 0 Å². The molecule has 4 nitrogen and oxygen atoms in total. The summed E-state index contributed by atoms with van der Waals surface area (Å²) in [5, 5.41) is 3.03. The number of aromatic nitrogens is 1. The third-order valence-electron chi connectivity index (χ3n) is 5.07. The normalized spacial score (nSPS) is 14.7. The van der Waals surface area contributed by atoms with Crippen molar-refractivity contribution in [1.82, 2.24) is 15.2 Å². The largest absolute Gasteiger partial charge is 0.352 e. The molecule has 1 aliphatic rings. The van der Waals surface area contributed by atoms with Crippen LogP contribution in [-0.4, -0.2) is 28.9 Å². The van der Waals surface area contributed by atoms with Gasteiger partial charge in [0.05, 0.1) is 12.0 Å². The Labute approximate surface area is 159 Å². The van der Waals surface area contributed by atoms with Gasteiger partial charge in [0.15, 0.2) is 0 Å². The number of nitrogens with zero attached hydrogens (tertiary/aromatic N) is 2. The van der Waals surface area contributed by atoms with Crippen molar-refractivity contribution >= 4 is 5.91 Å². The van der Waals surface area contributed by atoms with Crippen LogP contribution in [0.4, 0.5) is 0 Å². The smallest absolute Gasteiger partial charge is 0.225 e. The van der Waals surface area contributed by atoms with E-state index in [1.165, 1.54) is 11.1 Å². The van der Waals surface area contributed by atoms with Gasteiger partial charge in [-0.3, -0.25) is 14.7 Å².